The zero-order chi connectivity index (χ0) is 23.7. The summed E-state index contributed by atoms with van der Waals surface area (Å²) in [5, 5.41) is 28.5. The van der Waals surface area contributed by atoms with Crippen LogP contribution < -0.4 is 5.32 Å². The maximum Gasteiger partial charge on any atom is 0.324 e. The predicted molar refractivity (Wildman–Crippen MR) is 117 cm³/mol. The minimum Gasteiger partial charge on any atom is -0.338 e. The molecule has 0 spiro atoms. The summed E-state index contributed by atoms with van der Waals surface area (Å²) in [6.07, 6.45) is 2.06. The molecule has 0 bridgehead atoms. The molecule has 2 heterocycles. The van der Waals surface area contributed by atoms with Gasteiger partial charge in [-0.2, -0.15) is 5.10 Å². The summed E-state index contributed by atoms with van der Waals surface area (Å²) in [5.74, 6) is -0.553. The fraction of sp³-hybridized carbons (Fsp3) is 0.250. The molecule has 1 N–H and O–H groups in total. The minimum absolute atomic E-state index is 0.0400. The number of benzene rings is 2. The smallest absolute Gasteiger partial charge is 0.324 e. The number of imide groups is 1. The molecular formula is C20H17ClN6O6. The lowest BCUT2D eigenvalue weighted by atomic mass is 9.93. The summed E-state index contributed by atoms with van der Waals surface area (Å²) in [7, 11) is 0. The average Bonchev–Trinajstić information content (AvgIpc) is 3.21. The Balaban J connectivity index is 1.36. The predicted octanol–water partition coefficient (Wildman–Crippen LogP) is 3.14. The number of hydrogen-bond donors (Lipinski definition) is 1. The van der Waals surface area contributed by atoms with Crippen molar-refractivity contribution in [1.29, 1.82) is 0 Å². The van der Waals surface area contributed by atoms with Crippen LogP contribution in [0.5, 0.6) is 0 Å². The fourth-order valence-corrected chi connectivity index (χ4v) is 4.01. The van der Waals surface area contributed by atoms with Crippen molar-refractivity contribution in [2.24, 2.45) is 0 Å². The summed E-state index contributed by atoms with van der Waals surface area (Å²) >= 11 is 6.10. The minimum atomic E-state index is -0.941. The Hall–Kier alpha value is -4.06. The second-order valence-corrected chi connectivity index (χ2v) is 7.83. The molecule has 3 amide bonds. The molecule has 0 saturated carbocycles. The monoisotopic (exact) mass is 472 g/mol. The number of aryl methyl sites for hydroxylation is 1. The van der Waals surface area contributed by atoms with E-state index in [0.717, 1.165) is 10.3 Å². The van der Waals surface area contributed by atoms with Gasteiger partial charge in [-0.3, -0.25) is 34.6 Å². The van der Waals surface area contributed by atoms with E-state index in [-0.39, 0.29) is 17.9 Å². The van der Waals surface area contributed by atoms with Crippen molar-refractivity contribution in [3.63, 3.8) is 0 Å². The standard InChI is InChI=1S/C20H17ClN6O6/c21-17-18(12-2-5-14(6-3-12)26(30)31)25(19(17)28)20(29)22-8-1-9-24-16-10-15(27(32)33)7-4-13(16)11-23-24/h2-7,10-11,17-18H,1,8-9H2,(H,22,29). The first kappa shape index (κ1) is 22.1. The molecule has 170 valence electrons. The number of urea groups is 1. The Morgan fingerprint density at radius 3 is 2.42 bits per heavy atom. The molecule has 1 aromatic heterocycles. The number of alkyl halides is 1. The Morgan fingerprint density at radius 1 is 1.09 bits per heavy atom. The molecular weight excluding hydrogens is 456 g/mol. The van der Waals surface area contributed by atoms with Crippen LogP contribution in [-0.2, 0) is 11.3 Å². The number of nitro benzene ring substituents is 2. The summed E-state index contributed by atoms with van der Waals surface area (Å²) in [5.41, 5.74) is 0.974. The van der Waals surface area contributed by atoms with Crippen LogP contribution in [0.2, 0.25) is 0 Å². The Kier molecular flexibility index (Phi) is 5.92. The zero-order valence-corrected chi connectivity index (χ0v) is 17.7. The topological polar surface area (TPSA) is 154 Å². The van der Waals surface area contributed by atoms with Crippen molar-refractivity contribution in [2.75, 3.05) is 6.54 Å². The van der Waals surface area contributed by atoms with Crippen molar-refractivity contribution in [1.82, 2.24) is 20.0 Å². The number of rotatable bonds is 7. The lowest BCUT2D eigenvalue weighted by molar-refractivity contribution is -0.385. The summed E-state index contributed by atoms with van der Waals surface area (Å²) < 4.78 is 1.61. The first-order valence-corrected chi connectivity index (χ1v) is 10.3. The van der Waals surface area contributed by atoms with Gasteiger partial charge in [0, 0.05) is 42.7 Å². The fourth-order valence-electron chi connectivity index (χ4n) is 3.65. The molecule has 1 aliphatic heterocycles. The van der Waals surface area contributed by atoms with Crippen molar-refractivity contribution in [2.45, 2.75) is 24.4 Å². The first-order chi connectivity index (χ1) is 15.8. The van der Waals surface area contributed by atoms with Gasteiger partial charge in [-0.1, -0.05) is 12.1 Å². The number of carbonyl (C=O) groups excluding carboxylic acids is 2. The molecule has 3 aromatic rings. The maximum atomic E-state index is 12.6. The van der Waals surface area contributed by atoms with Crippen LogP contribution in [-0.4, -0.2) is 48.4 Å². The van der Waals surface area contributed by atoms with E-state index in [1.54, 1.807) is 16.9 Å². The van der Waals surface area contributed by atoms with Gasteiger partial charge < -0.3 is 5.32 Å². The quantitative estimate of drug-likeness (QED) is 0.182. The number of fused-ring (bicyclic) bond motifs is 1. The van der Waals surface area contributed by atoms with Crippen molar-refractivity contribution in [3.8, 4) is 0 Å². The number of aromatic nitrogens is 2. The second-order valence-electron chi connectivity index (χ2n) is 7.36. The molecule has 0 radical (unpaired) electrons. The van der Waals surface area contributed by atoms with E-state index in [1.807, 2.05) is 0 Å². The van der Waals surface area contributed by atoms with Gasteiger partial charge in [0.15, 0.2) is 0 Å². The highest BCUT2D eigenvalue weighted by molar-refractivity contribution is 6.35. The van der Waals surface area contributed by atoms with E-state index in [2.05, 4.69) is 10.4 Å². The number of β-lactam (4-membered cyclic amide) rings is 1. The molecule has 1 fully saturated rings. The van der Waals surface area contributed by atoms with Gasteiger partial charge in [0.2, 0.25) is 0 Å². The molecule has 1 aliphatic rings. The Labute approximate surface area is 191 Å². The van der Waals surface area contributed by atoms with Gasteiger partial charge in [0.05, 0.1) is 27.6 Å². The average molecular weight is 473 g/mol. The zero-order valence-electron chi connectivity index (χ0n) is 17.0. The molecule has 13 heteroatoms. The van der Waals surface area contributed by atoms with Crippen LogP contribution in [0.15, 0.2) is 48.7 Å². The molecule has 0 aliphatic carbocycles. The maximum absolute atomic E-state index is 12.6. The number of amides is 3. The number of nitrogens with one attached hydrogen (secondary N) is 1. The van der Waals surface area contributed by atoms with E-state index >= 15 is 0 Å². The van der Waals surface area contributed by atoms with E-state index in [9.17, 15) is 29.8 Å². The van der Waals surface area contributed by atoms with Gasteiger partial charge in [0.25, 0.3) is 17.3 Å². The molecule has 4 rings (SSSR count). The third kappa shape index (κ3) is 4.20. The van der Waals surface area contributed by atoms with E-state index in [0.29, 0.717) is 24.0 Å². The van der Waals surface area contributed by atoms with Crippen LogP contribution in [0.3, 0.4) is 0 Å². The Morgan fingerprint density at radius 2 is 1.76 bits per heavy atom. The van der Waals surface area contributed by atoms with E-state index in [1.165, 1.54) is 36.4 Å². The first-order valence-electron chi connectivity index (χ1n) is 9.87. The molecule has 2 atom stereocenters. The third-order valence-electron chi connectivity index (χ3n) is 5.35. The summed E-state index contributed by atoms with van der Waals surface area (Å²) in [6, 6.07) is 8.62. The number of nitro groups is 2. The number of non-ortho nitro benzene ring substituents is 2. The molecule has 12 nitrogen and oxygen atoms in total. The number of carbonyl (C=O) groups is 2. The molecule has 33 heavy (non-hydrogen) atoms. The largest absolute Gasteiger partial charge is 0.338 e. The van der Waals surface area contributed by atoms with Crippen LogP contribution >= 0.6 is 11.6 Å². The van der Waals surface area contributed by atoms with Crippen LogP contribution in [0.4, 0.5) is 16.2 Å². The Bertz CT molecular complexity index is 1260. The van der Waals surface area contributed by atoms with E-state index in [4.69, 9.17) is 11.6 Å². The molecule has 1 saturated heterocycles. The second kappa shape index (κ2) is 8.82. The molecule has 2 unspecified atom stereocenters. The summed E-state index contributed by atoms with van der Waals surface area (Å²) in [4.78, 5) is 46.5. The number of hydrogen-bond acceptors (Lipinski definition) is 7. The van der Waals surface area contributed by atoms with Gasteiger partial charge in [-0.25, -0.2) is 4.79 Å². The lowest BCUT2D eigenvalue weighted by Gasteiger charge is -2.42. The summed E-state index contributed by atoms with van der Waals surface area (Å²) in [6.45, 7) is 0.613. The lowest BCUT2D eigenvalue weighted by Crippen LogP contribution is -2.61. The number of nitrogens with zero attached hydrogens (tertiary/aromatic N) is 5. The third-order valence-corrected chi connectivity index (χ3v) is 5.78. The highest BCUT2D eigenvalue weighted by atomic mass is 35.5. The highest BCUT2D eigenvalue weighted by Gasteiger charge is 2.50. The van der Waals surface area contributed by atoms with Crippen LogP contribution in [0.25, 0.3) is 10.9 Å². The normalized spacial score (nSPS) is 17.6. The van der Waals surface area contributed by atoms with Crippen LogP contribution in [0.1, 0.15) is 18.0 Å². The number of halogens is 1. The van der Waals surface area contributed by atoms with Gasteiger partial charge in [-0.15, -0.1) is 11.6 Å². The van der Waals surface area contributed by atoms with Crippen LogP contribution in [0, 0.1) is 20.2 Å². The van der Waals surface area contributed by atoms with E-state index < -0.39 is 33.2 Å². The van der Waals surface area contributed by atoms with Crippen molar-refractivity contribution < 1.29 is 19.4 Å². The van der Waals surface area contributed by atoms with Gasteiger partial charge in [0.1, 0.15) is 5.38 Å². The highest BCUT2D eigenvalue weighted by Crippen LogP contribution is 2.39. The molecule has 2 aromatic carbocycles. The van der Waals surface area contributed by atoms with Gasteiger partial charge in [-0.05, 0) is 18.1 Å². The van der Waals surface area contributed by atoms with Crippen molar-refractivity contribution in [3.05, 3.63) is 74.5 Å². The number of likely N-dealkylation sites (tertiary alicyclic amines) is 1. The SMILES string of the molecule is O=C(NCCCn1ncc2ccc([N+](=O)[O-])cc21)N1C(=O)C(Cl)C1c1ccc([N+](=O)[O-])cc1. The van der Waals surface area contributed by atoms with Crippen molar-refractivity contribution >= 4 is 45.8 Å². The van der Waals surface area contributed by atoms with Gasteiger partial charge >= 0.3 is 6.03 Å².